The van der Waals surface area contributed by atoms with Gasteiger partial charge in [0.15, 0.2) is 6.61 Å². The van der Waals surface area contributed by atoms with E-state index in [4.69, 9.17) is 4.74 Å². The summed E-state index contributed by atoms with van der Waals surface area (Å²) in [6.45, 7) is 0.716. The number of nitrogens with one attached hydrogen (secondary N) is 1. The second-order valence-electron chi connectivity index (χ2n) is 6.92. The van der Waals surface area contributed by atoms with Gasteiger partial charge in [0.2, 0.25) is 5.91 Å². The smallest absolute Gasteiger partial charge is 0.422 e. The molecule has 1 saturated carbocycles. The van der Waals surface area contributed by atoms with Crippen LogP contribution in [-0.4, -0.2) is 30.3 Å². The maximum atomic E-state index is 12.9. The molecule has 2 aromatic rings. The van der Waals surface area contributed by atoms with Crippen molar-refractivity contribution in [1.82, 2.24) is 10.3 Å². The monoisotopic (exact) mass is 412 g/mol. The second-order valence-corrected chi connectivity index (χ2v) is 6.92. The first kappa shape index (κ1) is 20.9. The van der Waals surface area contributed by atoms with E-state index in [0.717, 1.165) is 0 Å². The highest BCUT2D eigenvalue weighted by Crippen LogP contribution is 2.39. The van der Waals surface area contributed by atoms with Gasteiger partial charge in [-0.05, 0) is 49.7 Å². The van der Waals surface area contributed by atoms with E-state index in [1.807, 2.05) is 0 Å². The highest BCUT2D eigenvalue weighted by atomic mass is 19.4. The Morgan fingerprint density at radius 3 is 2.48 bits per heavy atom. The summed E-state index contributed by atoms with van der Waals surface area (Å²) in [6, 6.07) is 8.16. The van der Waals surface area contributed by atoms with Crippen LogP contribution in [0, 0.1) is 17.7 Å². The predicted octanol–water partition coefficient (Wildman–Crippen LogP) is 4.05. The van der Waals surface area contributed by atoms with Crippen molar-refractivity contribution in [3.63, 3.8) is 0 Å². The van der Waals surface area contributed by atoms with E-state index in [2.05, 4.69) is 15.0 Å². The first-order valence-electron chi connectivity index (χ1n) is 9.05. The molecule has 0 spiro atoms. The maximum Gasteiger partial charge on any atom is 0.422 e. The third kappa shape index (κ3) is 6.33. The molecule has 1 fully saturated rings. The molecule has 1 N–H and O–H groups in total. The van der Waals surface area contributed by atoms with Crippen molar-refractivity contribution in [3.05, 3.63) is 54.1 Å². The summed E-state index contributed by atoms with van der Waals surface area (Å²) in [5.74, 6) is -0.0220. The van der Waals surface area contributed by atoms with Gasteiger partial charge in [0, 0.05) is 11.8 Å². The Morgan fingerprint density at radius 2 is 1.86 bits per heavy atom. The summed E-state index contributed by atoms with van der Waals surface area (Å²) in [4.78, 5) is 16.4. The molecular weight excluding hydrogens is 392 g/mol. The maximum absolute atomic E-state index is 12.9. The number of nitrogens with zero attached hydrogens (tertiary/aromatic N) is 1. The molecule has 1 unspecified atom stereocenters. The van der Waals surface area contributed by atoms with Crippen LogP contribution in [0.3, 0.4) is 0 Å². The van der Waals surface area contributed by atoms with Crippen molar-refractivity contribution in [2.75, 3.05) is 13.2 Å². The van der Waals surface area contributed by atoms with E-state index < -0.39 is 18.8 Å². The van der Waals surface area contributed by atoms with Crippen LogP contribution in [-0.2, 0) is 4.79 Å². The van der Waals surface area contributed by atoms with Crippen LogP contribution in [0.4, 0.5) is 17.6 Å². The Morgan fingerprint density at radius 1 is 1.17 bits per heavy atom. The Bertz CT molecular complexity index is 825. The molecule has 3 atom stereocenters. The first-order valence-corrected chi connectivity index (χ1v) is 9.05. The first-order chi connectivity index (χ1) is 13.7. The number of carbonyl (C=O) groups is 1. The van der Waals surface area contributed by atoms with Crippen molar-refractivity contribution < 1.29 is 31.8 Å². The Kier molecular flexibility index (Phi) is 6.24. The average Bonchev–Trinajstić information content (AvgIpc) is 3.45. The van der Waals surface area contributed by atoms with E-state index >= 15 is 0 Å². The van der Waals surface area contributed by atoms with Crippen molar-refractivity contribution in [3.8, 4) is 11.5 Å². The van der Waals surface area contributed by atoms with Crippen molar-refractivity contribution >= 4 is 5.91 Å². The zero-order chi connectivity index (χ0) is 21.0. The van der Waals surface area contributed by atoms with E-state index in [-0.39, 0.29) is 29.3 Å². The number of alkyl halides is 3. The van der Waals surface area contributed by atoms with Gasteiger partial charge >= 0.3 is 6.18 Å². The number of benzene rings is 1. The van der Waals surface area contributed by atoms with Crippen LogP contribution >= 0.6 is 0 Å². The molecule has 0 bridgehead atoms. The molecule has 29 heavy (non-hydrogen) atoms. The Hall–Kier alpha value is -2.84. The summed E-state index contributed by atoms with van der Waals surface area (Å²) >= 11 is 0. The van der Waals surface area contributed by atoms with Gasteiger partial charge in [-0.3, -0.25) is 9.78 Å². The Balaban J connectivity index is 1.43. The largest absolute Gasteiger partial charge is 0.493 e. The lowest BCUT2D eigenvalue weighted by Crippen LogP contribution is -2.29. The third-order valence-corrected chi connectivity index (χ3v) is 4.50. The molecule has 0 aliphatic heterocycles. The summed E-state index contributed by atoms with van der Waals surface area (Å²) in [5, 5.41) is 2.84. The molecule has 1 aromatic carbocycles. The zero-order valence-electron chi connectivity index (χ0n) is 15.6. The summed E-state index contributed by atoms with van der Waals surface area (Å²) in [6.07, 6.45) is -2.53. The molecular formula is C20H20F4N2O3. The summed E-state index contributed by atoms with van der Waals surface area (Å²) in [5.41, 5.74) is 0.512. The minimum absolute atomic E-state index is 0.00444. The molecule has 9 heteroatoms. The van der Waals surface area contributed by atoms with Gasteiger partial charge in [-0.1, -0.05) is 0 Å². The van der Waals surface area contributed by atoms with Gasteiger partial charge in [0.05, 0.1) is 24.5 Å². The molecule has 1 aliphatic rings. The van der Waals surface area contributed by atoms with Crippen molar-refractivity contribution in [1.29, 1.82) is 0 Å². The van der Waals surface area contributed by atoms with Gasteiger partial charge in [0.25, 0.3) is 0 Å². The number of halogens is 4. The minimum Gasteiger partial charge on any atom is -0.493 e. The second kappa shape index (κ2) is 8.67. The Labute approximate surface area is 165 Å². The number of hydrogen-bond donors (Lipinski definition) is 1. The van der Waals surface area contributed by atoms with Crippen LogP contribution in [0.2, 0.25) is 0 Å². The fourth-order valence-corrected chi connectivity index (χ4v) is 2.78. The number of carbonyl (C=O) groups excluding carboxylic acids is 1. The van der Waals surface area contributed by atoms with E-state index in [1.165, 1.54) is 42.6 Å². The number of amides is 1. The molecule has 0 saturated heterocycles. The van der Waals surface area contributed by atoms with Gasteiger partial charge in [-0.15, -0.1) is 0 Å². The summed E-state index contributed by atoms with van der Waals surface area (Å²) in [7, 11) is 0. The van der Waals surface area contributed by atoms with Gasteiger partial charge in [-0.2, -0.15) is 13.2 Å². The normalized spacial score (nSPS) is 19.3. The zero-order valence-corrected chi connectivity index (χ0v) is 15.6. The van der Waals surface area contributed by atoms with Crippen LogP contribution in [0.5, 0.6) is 11.5 Å². The van der Waals surface area contributed by atoms with Crippen molar-refractivity contribution in [2.45, 2.75) is 25.6 Å². The molecule has 1 amide bonds. The van der Waals surface area contributed by atoms with Crippen LogP contribution in [0.15, 0.2) is 42.6 Å². The lowest BCUT2D eigenvalue weighted by molar-refractivity contribution is -0.153. The fourth-order valence-electron chi connectivity index (χ4n) is 2.78. The van der Waals surface area contributed by atoms with E-state index in [1.54, 1.807) is 6.92 Å². The molecule has 156 valence electrons. The molecule has 3 rings (SSSR count). The summed E-state index contributed by atoms with van der Waals surface area (Å²) < 4.78 is 59.5. The molecule has 1 aromatic heterocycles. The number of ether oxygens (including phenoxy) is 2. The lowest BCUT2D eigenvalue weighted by atomic mass is 10.2. The minimum atomic E-state index is -4.42. The number of hydrogen-bond acceptors (Lipinski definition) is 4. The predicted molar refractivity (Wildman–Crippen MR) is 95.8 cm³/mol. The lowest BCUT2D eigenvalue weighted by Gasteiger charge is -2.14. The van der Waals surface area contributed by atoms with Gasteiger partial charge < -0.3 is 14.8 Å². The molecule has 0 radical (unpaired) electrons. The molecule has 5 nitrogen and oxygen atoms in total. The third-order valence-electron chi connectivity index (χ3n) is 4.50. The highest BCUT2D eigenvalue weighted by molar-refractivity contribution is 5.81. The standard InChI is InChI=1S/C20H20F4N2O3/c1-12(18-7-6-16(9-25-18)29-11-20(22,23)24)26-19(27)17-8-13(17)10-28-15-4-2-14(21)3-5-15/h2-7,9,12-13,17H,8,10-11H2,1H3,(H,26,27)/t12?,13-,17+/m1/s1. The molecule has 1 aliphatic carbocycles. The van der Waals surface area contributed by atoms with Crippen molar-refractivity contribution in [2.24, 2.45) is 11.8 Å². The van der Waals surface area contributed by atoms with Gasteiger partial charge in [-0.25, -0.2) is 4.39 Å². The number of aromatic nitrogens is 1. The molecule has 1 heterocycles. The number of pyridine rings is 1. The van der Waals surface area contributed by atoms with Crippen LogP contribution in [0.1, 0.15) is 25.1 Å². The number of rotatable bonds is 8. The topological polar surface area (TPSA) is 60.5 Å². The van der Waals surface area contributed by atoms with E-state index in [9.17, 15) is 22.4 Å². The SMILES string of the molecule is CC(NC(=O)[C@H]1C[C@@H]1COc1ccc(F)cc1)c1ccc(OCC(F)(F)F)cn1. The highest BCUT2D eigenvalue weighted by Gasteiger charge is 2.43. The fraction of sp³-hybridized carbons (Fsp3) is 0.400. The van der Waals surface area contributed by atoms with Gasteiger partial charge in [0.1, 0.15) is 17.3 Å². The quantitative estimate of drug-likeness (QED) is 0.665. The van der Waals surface area contributed by atoms with Crippen LogP contribution < -0.4 is 14.8 Å². The average molecular weight is 412 g/mol. The van der Waals surface area contributed by atoms with Crippen LogP contribution in [0.25, 0.3) is 0 Å². The van der Waals surface area contributed by atoms with E-state index in [0.29, 0.717) is 24.5 Å².